The molecule has 0 saturated heterocycles. The first-order chi connectivity index (χ1) is 15.4. The van der Waals surface area contributed by atoms with Crippen molar-refractivity contribution in [2.24, 2.45) is 32.9 Å². The molecule has 0 aliphatic carbocycles. The second-order valence-corrected chi connectivity index (χ2v) is 6.34. The fraction of sp³-hybridized carbons (Fsp3) is 0.667. The van der Waals surface area contributed by atoms with Crippen LogP contribution in [0.4, 0.5) is 0 Å². The van der Waals surface area contributed by atoms with E-state index in [-0.39, 0.29) is 130 Å². The Bertz CT molecular complexity index is 544. The molecule has 0 rings (SSSR count). The van der Waals surface area contributed by atoms with Gasteiger partial charge in [0.25, 0.3) is 0 Å². The van der Waals surface area contributed by atoms with Gasteiger partial charge in [-0.25, -0.2) is 37.3 Å². The number of carbonyl (C=O) groups excluding carboxylic acids is 2. The Morgan fingerprint density at radius 3 is 0.857 bits per heavy atom. The van der Waals surface area contributed by atoms with Gasteiger partial charge in [-0.2, -0.15) is 0 Å². The van der Waals surface area contributed by atoms with Gasteiger partial charge in [0, 0.05) is 26.2 Å². The van der Waals surface area contributed by atoms with Gasteiger partial charge in [0.1, 0.15) is 0 Å². The van der Waals surface area contributed by atoms with Crippen molar-refractivity contribution in [1.82, 2.24) is 10.6 Å². The van der Waals surface area contributed by atoms with Crippen molar-refractivity contribution in [2.45, 2.75) is 0 Å². The molecule has 0 aromatic rings. The van der Waals surface area contributed by atoms with Crippen molar-refractivity contribution < 1.29 is 145 Å². The van der Waals surface area contributed by atoms with Gasteiger partial charge in [0.2, 0.25) is 11.8 Å². The van der Waals surface area contributed by atoms with E-state index < -0.39 is 20.5 Å². The molecule has 0 bridgehead atoms. The molecular formula is C12H38Cl2Cu2N8O18. The minimum Gasteiger partial charge on any atom is -0.861 e. The zero-order chi connectivity index (χ0) is 27.8. The second-order valence-electron chi connectivity index (χ2n) is 4.82. The van der Waals surface area contributed by atoms with Crippen molar-refractivity contribution in [3.8, 4) is 0 Å². The van der Waals surface area contributed by atoms with Gasteiger partial charge >= 0.3 is 34.1 Å². The van der Waals surface area contributed by atoms with E-state index in [1.54, 1.807) is 0 Å². The van der Waals surface area contributed by atoms with Gasteiger partial charge in [-0.05, 0) is 11.8 Å². The first-order valence-corrected chi connectivity index (χ1v) is 10.9. The molecule has 30 heteroatoms. The van der Waals surface area contributed by atoms with E-state index in [1.165, 1.54) is 0 Å². The van der Waals surface area contributed by atoms with Gasteiger partial charge in [-0.1, -0.05) is 0 Å². The standard InChI is InChI=1S/2C6H14N4O2.2ClHO4.2Cu.6H2O/c2*7-3-5(11)9-1-2-10-6(12)4-8;2*2-1(3,4)5;;;;;;;;/h2*1-4,7-8H2,(H,9,11)(H,10,12);2*(H,2,3,4,5);;;6*1H2/q;;;;2*+2;;;;;;/p-4. The third-order valence-electron chi connectivity index (χ3n) is 2.16. The largest absolute Gasteiger partial charge is 2.00 e. The molecule has 0 aromatic heterocycles. The number of aliphatic imine (C=N–C) groups is 2. The van der Waals surface area contributed by atoms with Crippen LogP contribution in [0.25, 0.3) is 0 Å². The third kappa shape index (κ3) is 128. The number of hydrogen-bond acceptors (Lipinski definition) is 18. The molecule has 0 saturated carbocycles. The molecule has 0 unspecified atom stereocenters. The number of hydrogen-bond donors (Lipinski definition) is 6. The molecule has 22 N–H and O–H groups in total. The maximum Gasteiger partial charge on any atom is 2.00 e. The van der Waals surface area contributed by atoms with Gasteiger partial charge in [0.05, 0.1) is 26.2 Å². The van der Waals surface area contributed by atoms with Crippen molar-refractivity contribution in [2.75, 3.05) is 52.4 Å². The average molecular weight is 780 g/mol. The van der Waals surface area contributed by atoms with Crippen molar-refractivity contribution in [3.63, 3.8) is 0 Å². The number of rotatable bonds is 10. The molecule has 42 heavy (non-hydrogen) atoms. The summed E-state index contributed by atoms with van der Waals surface area (Å²) in [4.78, 5) is 28.1. The normalized spacial score (nSPS) is 9.33. The predicted octanol–water partition coefficient (Wildman–Crippen LogP) is -20.9. The molecule has 0 spiro atoms. The monoisotopic (exact) mass is 778 g/mol. The first-order valence-electron chi connectivity index (χ1n) is 8.38. The Kier molecular flexibility index (Phi) is 91.7. The Balaban J connectivity index is -0.0000000285. The molecule has 0 heterocycles. The molecule has 0 aliphatic rings. The summed E-state index contributed by atoms with van der Waals surface area (Å²) in [5, 5.41) is 25.9. The van der Waals surface area contributed by atoms with Crippen LogP contribution in [0.1, 0.15) is 0 Å². The molecule has 2 radical (unpaired) electrons. The van der Waals surface area contributed by atoms with E-state index in [9.17, 15) is 19.8 Å². The van der Waals surface area contributed by atoms with Crippen LogP contribution >= 0.6 is 0 Å². The Hall–Kier alpha value is -1.22. The molecule has 270 valence electrons. The quantitative estimate of drug-likeness (QED) is 0.0519. The molecule has 26 nitrogen and oxygen atoms in total. The van der Waals surface area contributed by atoms with Crippen LogP contribution in [-0.2, 0) is 43.7 Å². The summed E-state index contributed by atoms with van der Waals surface area (Å²) < 4.78 is 67.9. The summed E-state index contributed by atoms with van der Waals surface area (Å²) in [5.74, 6) is -1.25. The summed E-state index contributed by atoms with van der Waals surface area (Å²) in [6.07, 6.45) is 0. The van der Waals surface area contributed by atoms with Crippen LogP contribution in [-0.4, -0.2) is 109 Å². The van der Waals surface area contributed by atoms with Crippen LogP contribution in [0.3, 0.4) is 0 Å². The molecule has 0 fully saturated rings. The Labute approximate surface area is 263 Å². The van der Waals surface area contributed by atoms with Crippen LogP contribution < -0.4 is 81.1 Å². The maximum absolute atomic E-state index is 10.5. The van der Waals surface area contributed by atoms with Crippen LogP contribution in [0.15, 0.2) is 9.98 Å². The summed E-state index contributed by atoms with van der Waals surface area (Å²) >= 11 is 0. The number of amides is 2. The molecular weight excluding hydrogens is 742 g/mol. The average Bonchev–Trinajstić information content (AvgIpc) is 2.71. The number of carbonyl (C=O) groups is 2. The first kappa shape index (κ1) is 77.9. The summed E-state index contributed by atoms with van der Waals surface area (Å²) in [6.45, 7) is 0.860. The number of nitrogens with zero attached hydrogens (tertiary/aromatic N) is 2. The van der Waals surface area contributed by atoms with E-state index in [4.69, 9.17) is 60.2 Å². The van der Waals surface area contributed by atoms with Crippen LogP contribution in [0, 0.1) is 20.5 Å². The summed E-state index contributed by atoms with van der Waals surface area (Å²) in [5.41, 5.74) is 20.0. The Morgan fingerprint density at radius 2 is 0.714 bits per heavy atom. The van der Waals surface area contributed by atoms with Crippen molar-refractivity contribution in [3.05, 3.63) is 0 Å². The molecule has 0 aliphatic heterocycles. The smallest absolute Gasteiger partial charge is 0.861 e. The van der Waals surface area contributed by atoms with Crippen LogP contribution in [0.2, 0.25) is 0 Å². The molecule has 2 amide bonds. The minimum atomic E-state index is -4.94. The van der Waals surface area contributed by atoms with Gasteiger partial charge in [0.15, 0.2) is 0 Å². The van der Waals surface area contributed by atoms with Crippen molar-refractivity contribution in [1.29, 1.82) is 0 Å². The van der Waals surface area contributed by atoms with E-state index in [0.717, 1.165) is 0 Å². The fourth-order valence-electron chi connectivity index (χ4n) is 1.03. The summed E-state index contributed by atoms with van der Waals surface area (Å²) in [7, 11) is -9.89. The maximum atomic E-state index is 10.5. The van der Waals surface area contributed by atoms with E-state index >= 15 is 0 Å². The zero-order valence-electron chi connectivity index (χ0n) is 21.1. The minimum absolute atomic E-state index is 0. The second kappa shape index (κ2) is 49.5. The molecule has 0 atom stereocenters. The van der Waals surface area contributed by atoms with E-state index in [1.807, 2.05) is 0 Å². The van der Waals surface area contributed by atoms with E-state index in [0.29, 0.717) is 13.1 Å². The SMILES string of the molecule is NCC(=O)NCCN=C([O-])CN.NCC(=O)NCCN=C([O-])CN.O.O.O.O.O.O.[Cu+2].[Cu+2].[O-][Cl+3]([O-])([O-])[O-].[O-][Cl+3]([O-])([O-])[O-]. The zero-order valence-corrected chi connectivity index (χ0v) is 24.5. The summed E-state index contributed by atoms with van der Waals surface area (Å²) in [6, 6.07) is 0. The predicted molar refractivity (Wildman–Crippen MR) is 109 cm³/mol. The van der Waals surface area contributed by atoms with E-state index in [2.05, 4.69) is 20.6 Å². The van der Waals surface area contributed by atoms with Gasteiger partial charge in [-0.15, -0.1) is 20.5 Å². The third-order valence-corrected chi connectivity index (χ3v) is 2.16. The van der Waals surface area contributed by atoms with Gasteiger partial charge in [-0.3, -0.25) is 9.59 Å². The topological polar surface area (TPSA) is 607 Å². The van der Waals surface area contributed by atoms with Gasteiger partial charge < -0.3 is 86.6 Å². The van der Waals surface area contributed by atoms with Crippen molar-refractivity contribution >= 4 is 23.6 Å². The molecule has 0 aromatic carbocycles. The number of nitrogens with two attached hydrogens (primary N) is 4. The number of halogens is 2. The Morgan fingerprint density at radius 1 is 0.524 bits per heavy atom. The van der Waals surface area contributed by atoms with Crippen LogP contribution in [0.5, 0.6) is 0 Å². The fourth-order valence-corrected chi connectivity index (χ4v) is 1.03. The number of nitrogens with one attached hydrogen (secondary N) is 2.